The van der Waals surface area contributed by atoms with Gasteiger partial charge in [-0.1, -0.05) is 171 Å². The third-order valence-electron chi connectivity index (χ3n) is 10.1. The summed E-state index contributed by atoms with van der Waals surface area (Å²) in [5.74, 6) is 0. The molecule has 0 unspecified atom stereocenters. The monoisotopic (exact) mass is 706 g/mol. The lowest BCUT2D eigenvalue weighted by Gasteiger charge is -2.21. The summed E-state index contributed by atoms with van der Waals surface area (Å²) in [6.45, 7) is 17.3. The van der Waals surface area contributed by atoms with Crippen LogP contribution in [0, 0.1) is 41.5 Å². The molecule has 0 radical (unpaired) electrons. The van der Waals surface area contributed by atoms with Crippen LogP contribution >= 0.6 is 11.3 Å². The molecule has 0 aliphatic rings. The summed E-state index contributed by atoms with van der Waals surface area (Å²) in [6.07, 6.45) is 0. The Balaban J connectivity index is 0.000000250. The molecule has 0 amide bonds. The van der Waals surface area contributed by atoms with Crippen molar-refractivity contribution in [2.45, 2.75) is 55.4 Å². The maximum absolute atomic E-state index is 2.34. The van der Waals surface area contributed by atoms with E-state index < -0.39 is 0 Å². The number of thiophene rings is 1. The Morgan fingerprint density at radius 1 is 0.321 bits per heavy atom. The predicted molar refractivity (Wildman–Crippen MR) is 238 cm³/mol. The van der Waals surface area contributed by atoms with Crippen molar-refractivity contribution in [3.8, 4) is 22.3 Å². The van der Waals surface area contributed by atoms with Gasteiger partial charge in [0.05, 0.1) is 0 Å². The SMILES string of the molecule is CC.Cc1ccc(-c2c(C)c3ccccc3c3ccccc23)c(C)c1-c1ccc2sc3ccccc3c2c1C.Cc1ccccc1.Cc1ccccc1. The molecule has 0 bridgehead atoms. The van der Waals surface area contributed by atoms with Gasteiger partial charge in [-0.15, -0.1) is 11.3 Å². The predicted octanol–water partition coefficient (Wildman–Crippen LogP) is 15.9. The number of hydrogen-bond donors (Lipinski definition) is 0. The van der Waals surface area contributed by atoms with Crippen LogP contribution < -0.4 is 0 Å². The molecule has 0 saturated carbocycles. The summed E-state index contributed by atoms with van der Waals surface area (Å²) in [4.78, 5) is 0. The Bertz CT molecular complexity index is 2590. The average Bonchev–Trinajstić information content (AvgIpc) is 3.58. The highest BCUT2D eigenvalue weighted by molar-refractivity contribution is 7.25. The number of aryl methyl sites for hydroxylation is 5. The van der Waals surface area contributed by atoms with Crippen LogP contribution in [0.15, 0.2) is 158 Å². The summed E-state index contributed by atoms with van der Waals surface area (Å²) in [6, 6.07) is 56.4. The molecule has 9 rings (SSSR count). The number of fused-ring (bicyclic) bond motifs is 6. The fraction of sp³-hybridized carbons (Fsp3) is 0.154. The van der Waals surface area contributed by atoms with Crippen LogP contribution in [0.3, 0.4) is 0 Å². The quantitative estimate of drug-likeness (QED) is 0.157. The van der Waals surface area contributed by atoms with Crippen LogP contribution in [0.25, 0.3) is 64.0 Å². The summed E-state index contributed by atoms with van der Waals surface area (Å²) in [5.41, 5.74) is 13.4. The molecule has 8 aromatic carbocycles. The normalized spacial score (nSPS) is 10.6. The Hall–Kier alpha value is -5.50. The number of hydrogen-bond acceptors (Lipinski definition) is 1. The van der Waals surface area contributed by atoms with Gasteiger partial charge >= 0.3 is 0 Å². The van der Waals surface area contributed by atoms with Crippen LogP contribution in [0.1, 0.15) is 47.2 Å². The first-order valence-corrected chi connectivity index (χ1v) is 19.6. The van der Waals surface area contributed by atoms with Crippen LogP contribution in [0.2, 0.25) is 0 Å². The Morgan fingerprint density at radius 2 is 0.774 bits per heavy atom. The molecular weight excluding hydrogens is 657 g/mol. The zero-order valence-electron chi connectivity index (χ0n) is 32.4. The van der Waals surface area contributed by atoms with Crippen molar-refractivity contribution >= 4 is 53.1 Å². The van der Waals surface area contributed by atoms with Gasteiger partial charge in [-0.3, -0.25) is 0 Å². The topological polar surface area (TPSA) is 0 Å². The summed E-state index contributed by atoms with van der Waals surface area (Å²) < 4.78 is 2.73. The van der Waals surface area contributed by atoms with E-state index in [4.69, 9.17) is 0 Å². The van der Waals surface area contributed by atoms with Crippen molar-refractivity contribution < 1.29 is 0 Å². The molecular formula is C52H50S. The highest BCUT2D eigenvalue weighted by atomic mass is 32.1. The molecule has 0 aliphatic heterocycles. The van der Waals surface area contributed by atoms with Crippen molar-refractivity contribution in [2.24, 2.45) is 0 Å². The second-order valence-electron chi connectivity index (χ2n) is 13.5. The molecule has 0 aliphatic carbocycles. The smallest absolute Gasteiger partial charge is 0.0358 e. The summed E-state index contributed by atoms with van der Waals surface area (Å²) >= 11 is 1.89. The Morgan fingerprint density at radius 3 is 1.34 bits per heavy atom. The van der Waals surface area contributed by atoms with Crippen molar-refractivity contribution in [3.05, 3.63) is 191 Å². The van der Waals surface area contributed by atoms with E-state index in [0.717, 1.165) is 0 Å². The van der Waals surface area contributed by atoms with Crippen molar-refractivity contribution in [3.63, 3.8) is 0 Å². The lowest BCUT2D eigenvalue weighted by molar-refractivity contribution is 1.36. The van der Waals surface area contributed by atoms with Gasteiger partial charge < -0.3 is 0 Å². The zero-order valence-corrected chi connectivity index (χ0v) is 33.2. The average molecular weight is 707 g/mol. The Kier molecular flexibility index (Phi) is 11.9. The van der Waals surface area contributed by atoms with Gasteiger partial charge in [0.2, 0.25) is 0 Å². The summed E-state index contributed by atoms with van der Waals surface area (Å²) in [5, 5.41) is 8.07. The van der Waals surface area contributed by atoms with Gasteiger partial charge in [-0.25, -0.2) is 0 Å². The fourth-order valence-electron chi connectivity index (χ4n) is 7.52. The largest absolute Gasteiger partial charge is 0.135 e. The first kappa shape index (κ1) is 37.3. The molecule has 0 atom stereocenters. The number of rotatable bonds is 2. The van der Waals surface area contributed by atoms with Crippen LogP contribution in [-0.2, 0) is 0 Å². The first-order valence-electron chi connectivity index (χ1n) is 18.8. The minimum Gasteiger partial charge on any atom is -0.135 e. The van der Waals surface area contributed by atoms with E-state index in [9.17, 15) is 0 Å². The van der Waals surface area contributed by atoms with Crippen molar-refractivity contribution in [1.29, 1.82) is 0 Å². The second kappa shape index (κ2) is 16.9. The van der Waals surface area contributed by atoms with E-state index in [0.29, 0.717) is 0 Å². The lowest BCUT2D eigenvalue weighted by atomic mass is 9.83. The van der Waals surface area contributed by atoms with E-state index in [1.807, 2.05) is 61.6 Å². The van der Waals surface area contributed by atoms with Gasteiger partial charge in [0.1, 0.15) is 0 Å². The molecule has 0 fully saturated rings. The van der Waals surface area contributed by atoms with E-state index in [1.54, 1.807) is 0 Å². The van der Waals surface area contributed by atoms with Crippen molar-refractivity contribution in [2.75, 3.05) is 0 Å². The molecule has 0 nitrogen and oxygen atoms in total. The highest BCUT2D eigenvalue weighted by Gasteiger charge is 2.19. The van der Waals surface area contributed by atoms with E-state index >= 15 is 0 Å². The zero-order chi connectivity index (χ0) is 37.5. The molecule has 9 aromatic rings. The van der Waals surface area contributed by atoms with Gasteiger partial charge in [0.25, 0.3) is 0 Å². The molecule has 53 heavy (non-hydrogen) atoms. The fourth-order valence-corrected chi connectivity index (χ4v) is 8.69. The van der Waals surface area contributed by atoms with Crippen LogP contribution in [0.5, 0.6) is 0 Å². The van der Waals surface area contributed by atoms with Gasteiger partial charge in [-0.05, 0) is 120 Å². The Labute approximate surface area is 320 Å². The molecule has 0 spiro atoms. The highest BCUT2D eigenvalue weighted by Crippen LogP contribution is 2.45. The van der Waals surface area contributed by atoms with Gasteiger partial charge in [-0.2, -0.15) is 0 Å². The van der Waals surface area contributed by atoms with Crippen LogP contribution in [0.4, 0.5) is 0 Å². The maximum atomic E-state index is 2.34. The molecule has 1 heterocycles. The van der Waals surface area contributed by atoms with Crippen LogP contribution in [-0.4, -0.2) is 0 Å². The minimum absolute atomic E-state index is 1.32. The lowest BCUT2D eigenvalue weighted by Crippen LogP contribution is -1.97. The van der Waals surface area contributed by atoms with Gasteiger partial charge in [0, 0.05) is 20.2 Å². The third kappa shape index (κ3) is 7.68. The van der Waals surface area contributed by atoms with Gasteiger partial charge in [0.15, 0.2) is 0 Å². The first-order chi connectivity index (χ1) is 25.8. The number of benzene rings is 8. The second-order valence-corrected chi connectivity index (χ2v) is 14.6. The maximum Gasteiger partial charge on any atom is 0.0358 e. The van der Waals surface area contributed by atoms with E-state index in [1.165, 1.54) is 97.4 Å². The molecule has 264 valence electrons. The van der Waals surface area contributed by atoms with E-state index in [-0.39, 0.29) is 0 Å². The minimum atomic E-state index is 1.32. The third-order valence-corrected chi connectivity index (χ3v) is 11.2. The molecule has 0 N–H and O–H groups in total. The van der Waals surface area contributed by atoms with E-state index in [2.05, 4.69) is 163 Å². The standard InChI is InChI=1S/C36H28S.2C7H8.C2H6/c1-21-17-18-27(35-22(2)25-11-5-6-12-28(25)29-13-7-8-14-30(29)35)23(3)34(21)26-19-20-33-36(24(26)4)31-15-9-10-16-32(31)37-33;2*1-7-5-3-2-4-6-7;1-2/h5-20H,1-4H3;2*2-6H,1H3;1-2H3. The molecule has 1 heteroatoms. The summed E-state index contributed by atoms with van der Waals surface area (Å²) in [7, 11) is 0. The molecule has 0 saturated heterocycles. The molecule has 1 aromatic heterocycles. The van der Waals surface area contributed by atoms with Crippen molar-refractivity contribution in [1.82, 2.24) is 0 Å².